The third-order valence-electron chi connectivity index (χ3n) is 8.14. The zero-order valence-corrected chi connectivity index (χ0v) is 26.6. The molecule has 3 aromatic carbocycles. The Morgan fingerprint density at radius 2 is 1.48 bits per heavy atom. The second-order valence-electron chi connectivity index (χ2n) is 10.4. The van der Waals surface area contributed by atoms with Crippen molar-refractivity contribution in [3.63, 3.8) is 0 Å². The molecule has 1 amide bonds. The maximum Gasteiger partial charge on any atom is 1.00 e. The van der Waals surface area contributed by atoms with Gasteiger partial charge in [0.2, 0.25) is 0 Å². The molecule has 1 saturated heterocycles. The van der Waals surface area contributed by atoms with Gasteiger partial charge in [0.25, 0.3) is 0 Å². The van der Waals surface area contributed by atoms with Gasteiger partial charge in [-0.1, -0.05) is 66.3 Å². The number of carbonyl (C=O) groups excluding carboxylic acids is 1. The summed E-state index contributed by atoms with van der Waals surface area (Å²) in [6.07, 6.45) is 4.39. The molecular formula is C31H31BF3KN2O2. The normalized spacial score (nSPS) is 14.7. The monoisotopic (exact) mass is 570 g/mol. The smallest absolute Gasteiger partial charge is 0.449 e. The first-order chi connectivity index (χ1) is 18.6. The van der Waals surface area contributed by atoms with Crippen LogP contribution in [0.25, 0.3) is 11.1 Å². The maximum absolute atomic E-state index is 13.4. The fourth-order valence-electron chi connectivity index (χ4n) is 6.28. The van der Waals surface area contributed by atoms with Crippen LogP contribution in [0.2, 0.25) is 0 Å². The van der Waals surface area contributed by atoms with E-state index in [1.165, 1.54) is 11.1 Å². The van der Waals surface area contributed by atoms with Crippen molar-refractivity contribution < 1.29 is 73.9 Å². The molecule has 0 N–H and O–H groups in total. The summed E-state index contributed by atoms with van der Waals surface area (Å²) >= 11 is 0. The Labute approximate surface area is 276 Å². The molecule has 1 fully saturated rings. The third-order valence-corrected chi connectivity index (χ3v) is 8.14. The van der Waals surface area contributed by atoms with Gasteiger partial charge in [-0.2, -0.15) is 0 Å². The third kappa shape index (κ3) is 5.88. The van der Waals surface area contributed by atoms with Crippen LogP contribution in [-0.4, -0.2) is 50.8 Å². The van der Waals surface area contributed by atoms with Crippen molar-refractivity contribution in [1.82, 2.24) is 4.90 Å². The van der Waals surface area contributed by atoms with Crippen LogP contribution in [0.15, 0.2) is 48.5 Å². The van der Waals surface area contributed by atoms with Gasteiger partial charge in [0.15, 0.2) is 0 Å². The number of piperazine rings is 1. The van der Waals surface area contributed by atoms with E-state index in [2.05, 4.69) is 30.2 Å². The summed E-state index contributed by atoms with van der Waals surface area (Å²) < 4.78 is 46.1. The van der Waals surface area contributed by atoms with Crippen molar-refractivity contribution in [2.24, 2.45) is 0 Å². The number of nitrogens with zero attached hydrogens (tertiary/aromatic N) is 2. The number of ether oxygens (including phenoxy) is 1. The zero-order valence-electron chi connectivity index (χ0n) is 23.4. The van der Waals surface area contributed by atoms with Crippen molar-refractivity contribution in [3.8, 4) is 23.5 Å². The molecule has 3 aromatic rings. The van der Waals surface area contributed by atoms with Gasteiger partial charge in [-0.05, 0) is 59.7 Å². The molecule has 5 rings (SSSR count). The molecule has 0 spiro atoms. The number of anilines is 1. The first-order valence-electron chi connectivity index (χ1n) is 13.3. The molecule has 0 saturated carbocycles. The minimum Gasteiger partial charge on any atom is -0.449 e. The first kappa shape index (κ1) is 30.7. The minimum absolute atomic E-state index is 0. The molecule has 0 bridgehead atoms. The summed E-state index contributed by atoms with van der Waals surface area (Å²) in [5.41, 5.74) is 8.11. The number of carbonyl (C=O) groups is 1. The Hall–Kier alpha value is -2.22. The quantitative estimate of drug-likeness (QED) is 0.348. The summed E-state index contributed by atoms with van der Waals surface area (Å²) in [6, 6.07) is 16.4. The van der Waals surface area contributed by atoms with Gasteiger partial charge in [0.05, 0.1) is 0 Å². The molecule has 0 radical (unpaired) electrons. The van der Waals surface area contributed by atoms with Gasteiger partial charge in [-0.15, -0.1) is 6.42 Å². The molecule has 0 aromatic heterocycles. The largest absolute Gasteiger partial charge is 1.00 e. The van der Waals surface area contributed by atoms with Gasteiger partial charge in [-0.3, -0.25) is 0 Å². The second-order valence-corrected chi connectivity index (χ2v) is 10.4. The van der Waals surface area contributed by atoms with E-state index in [1.54, 1.807) is 18.7 Å². The predicted octanol–water partition coefficient (Wildman–Crippen LogP) is 3.60. The van der Waals surface area contributed by atoms with E-state index in [-0.39, 0.29) is 75.6 Å². The Morgan fingerprint density at radius 1 is 0.925 bits per heavy atom. The molecule has 1 heterocycles. The van der Waals surface area contributed by atoms with Crippen LogP contribution in [0.3, 0.4) is 0 Å². The fourth-order valence-corrected chi connectivity index (χ4v) is 6.28. The van der Waals surface area contributed by atoms with E-state index in [4.69, 9.17) is 11.2 Å². The van der Waals surface area contributed by atoms with Gasteiger partial charge in [-0.25, -0.2) is 4.79 Å². The van der Waals surface area contributed by atoms with E-state index in [0.717, 1.165) is 22.4 Å². The van der Waals surface area contributed by atoms with Crippen molar-refractivity contribution >= 4 is 18.8 Å². The van der Waals surface area contributed by atoms with E-state index >= 15 is 0 Å². The van der Waals surface area contributed by atoms with Crippen molar-refractivity contribution in [3.05, 3.63) is 87.5 Å². The fraction of sp³-hybridized carbons (Fsp3) is 0.323. The molecule has 0 unspecified atom stereocenters. The SMILES string of the molecule is C#Cc1c(C)c(C[B-](F)(F)F)c(C)c(N2CCN(C(=O)OCC3c4ccccc4-c4ccccc43)CC2)c1C.[K+]. The van der Waals surface area contributed by atoms with Crippen LogP contribution in [-0.2, 0) is 11.1 Å². The molecule has 4 nitrogen and oxygen atoms in total. The average molecular weight is 571 g/mol. The number of terminal acetylenes is 1. The van der Waals surface area contributed by atoms with Crippen LogP contribution < -0.4 is 56.3 Å². The number of benzene rings is 3. The van der Waals surface area contributed by atoms with Gasteiger partial charge in [0, 0.05) is 43.3 Å². The number of halogens is 3. The average Bonchev–Trinajstić information content (AvgIpc) is 3.23. The van der Waals surface area contributed by atoms with Crippen molar-refractivity contribution in [2.45, 2.75) is 33.0 Å². The Morgan fingerprint density at radius 3 is 2.00 bits per heavy atom. The topological polar surface area (TPSA) is 32.8 Å². The standard InChI is InChI=1S/C31H31BF3N2O2.K/c1-5-23-20(2)28(18-32(33,34)35)22(4)30(21(23)3)36-14-16-37(17-15-36)31(38)39-19-29-26-12-8-6-10-24(26)25-11-7-9-13-27(25)29;/h1,6-13,29H,14-19H2,2-4H3;/q-1;+1. The molecule has 2 aliphatic rings. The first-order valence-corrected chi connectivity index (χ1v) is 13.3. The number of rotatable bonds is 5. The van der Waals surface area contributed by atoms with Crippen molar-refractivity contribution in [2.75, 3.05) is 37.7 Å². The molecule has 40 heavy (non-hydrogen) atoms. The Kier molecular flexibility index (Phi) is 9.48. The van der Waals surface area contributed by atoms with E-state index in [9.17, 15) is 17.7 Å². The van der Waals surface area contributed by atoms with Gasteiger partial charge < -0.3 is 27.5 Å². The van der Waals surface area contributed by atoms with Crippen LogP contribution >= 0.6 is 0 Å². The minimum atomic E-state index is -5.01. The van der Waals surface area contributed by atoms with Crippen LogP contribution in [0.5, 0.6) is 0 Å². The van der Waals surface area contributed by atoms with E-state index in [1.807, 2.05) is 36.1 Å². The summed E-state index contributed by atoms with van der Waals surface area (Å²) in [5, 5.41) is 0. The van der Waals surface area contributed by atoms with Crippen LogP contribution in [0, 0.1) is 33.1 Å². The predicted molar refractivity (Wildman–Crippen MR) is 150 cm³/mol. The number of hydrogen-bond donors (Lipinski definition) is 0. The zero-order chi connectivity index (χ0) is 27.9. The summed E-state index contributed by atoms with van der Waals surface area (Å²) in [5.74, 6) is 2.59. The van der Waals surface area contributed by atoms with Crippen molar-refractivity contribution in [1.29, 1.82) is 0 Å². The summed E-state index contributed by atoms with van der Waals surface area (Å²) in [7, 11) is 0. The van der Waals surface area contributed by atoms with Gasteiger partial charge in [0.1, 0.15) is 6.61 Å². The number of hydrogen-bond acceptors (Lipinski definition) is 3. The molecule has 1 aliphatic carbocycles. The van der Waals surface area contributed by atoms with Gasteiger partial charge >= 0.3 is 64.5 Å². The molecule has 1 aliphatic heterocycles. The van der Waals surface area contributed by atoms with E-state index in [0.29, 0.717) is 42.9 Å². The second kappa shape index (κ2) is 12.3. The molecule has 9 heteroatoms. The molecule has 202 valence electrons. The summed E-state index contributed by atoms with van der Waals surface area (Å²) in [6.45, 7) is 2.30. The van der Waals surface area contributed by atoms with Crippen LogP contribution in [0.4, 0.5) is 23.4 Å². The van der Waals surface area contributed by atoms with Crippen LogP contribution in [0.1, 0.15) is 44.9 Å². The Balaban J connectivity index is 0.00000370. The Bertz CT molecular complexity index is 1430. The summed E-state index contributed by atoms with van der Waals surface area (Å²) in [4.78, 5) is 16.8. The maximum atomic E-state index is 13.4. The van der Waals surface area contributed by atoms with E-state index < -0.39 is 13.3 Å². The number of fused-ring (bicyclic) bond motifs is 3. The number of amides is 1. The molecule has 0 atom stereocenters. The molecular weight excluding hydrogens is 539 g/mol.